The van der Waals surface area contributed by atoms with Crippen molar-refractivity contribution in [3.05, 3.63) is 93.7 Å². The highest BCUT2D eigenvalue weighted by Crippen LogP contribution is 2.36. The van der Waals surface area contributed by atoms with Crippen molar-refractivity contribution < 1.29 is 31.1 Å². The summed E-state index contributed by atoms with van der Waals surface area (Å²) in [7, 11) is -1.85. The van der Waals surface area contributed by atoms with Crippen molar-refractivity contribution in [1.82, 2.24) is 4.98 Å². The Bertz CT molecular complexity index is 1600. The maximum Gasteiger partial charge on any atom is 0.269 e. The standard InChI is InChI=1S/C25H22ClF3N4O4S2/c1-36-15-8-7-14(21(9-15)37-2)13-33(25-31-12-23(29)38-25)39(34,35)22-10-17(26)20(11-19(22)28)32-24(30)16-5-3-4-6-18(16)27/h3-12,24,32H,13,30H2,1-2H3/t24-/m1/s1. The fraction of sp³-hybridized carbons (Fsp3) is 0.160. The lowest BCUT2D eigenvalue weighted by Crippen LogP contribution is -2.31. The van der Waals surface area contributed by atoms with Crippen molar-refractivity contribution in [1.29, 1.82) is 0 Å². The zero-order valence-corrected chi connectivity index (χ0v) is 22.9. The second-order valence-corrected chi connectivity index (χ2v) is 11.2. The maximum atomic E-state index is 15.4. The van der Waals surface area contributed by atoms with Gasteiger partial charge in [-0.2, -0.15) is 4.39 Å². The SMILES string of the molecule is COc1ccc(CN(c2ncc(F)s2)S(=O)(=O)c2cc(Cl)c(N[C@@H](N)c3ccccc3F)cc2F)c(OC)c1. The Morgan fingerprint density at radius 2 is 1.82 bits per heavy atom. The normalized spacial score (nSPS) is 12.2. The second-order valence-electron chi connectivity index (χ2n) is 8.04. The molecule has 0 radical (unpaired) electrons. The molecule has 0 saturated heterocycles. The third-order valence-corrected chi connectivity index (χ3v) is 8.62. The molecule has 0 fully saturated rings. The van der Waals surface area contributed by atoms with Crippen LogP contribution in [0.5, 0.6) is 11.5 Å². The number of rotatable bonds is 10. The number of nitrogens with two attached hydrogens (primary N) is 1. The van der Waals surface area contributed by atoms with Crippen LogP contribution in [-0.4, -0.2) is 27.6 Å². The fourth-order valence-electron chi connectivity index (χ4n) is 3.68. The van der Waals surface area contributed by atoms with E-state index in [9.17, 15) is 17.2 Å². The molecular weight excluding hydrogens is 577 g/mol. The summed E-state index contributed by atoms with van der Waals surface area (Å²) in [6.45, 7) is -0.377. The maximum absolute atomic E-state index is 15.4. The Morgan fingerprint density at radius 3 is 2.46 bits per heavy atom. The Hall–Kier alpha value is -3.52. The van der Waals surface area contributed by atoms with Gasteiger partial charge in [0.05, 0.1) is 37.7 Å². The molecule has 0 spiro atoms. The quantitative estimate of drug-likeness (QED) is 0.226. The van der Waals surface area contributed by atoms with E-state index < -0.39 is 37.8 Å². The van der Waals surface area contributed by atoms with Crippen molar-refractivity contribution in [2.45, 2.75) is 17.6 Å². The van der Waals surface area contributed by atoms with Crippen molar-refractivity contribution in [3.8, 4) is 11.5 Å². The first-order chi connectivity index (χ1) is 18.5. The Balaban J connectivity index is 1.73. The number of thiazole rings is 1. The molecule has 4 rings (SSSR count). The molecule has 0 saturated carbocycles. The predicted octanol–water partition coefficient (Wildman–Crippen LogP) is 5.70. The molecule has 3 N–H and O–H groups in total. The van der Waals surface area contributed by atoms with Gasteiger partial charge in [-0.1, -0.05) is 41.1 Å². The number of hydrogen-bond donors (Lipinski definition) is 2. The number of aromatic nitrogens is 1. The zero-order chi connectivity index (χ0) is 28.3. The van der Waals surface area contributed by atoms with Gasteiger partial charge in [0.15, 0.2) is 5.13 Å². The van der Waals surface area contributed by atoms with Gasteiger partial charge in [-0.05, 0) is 30.3 Å². The summed E-state index contributed by atoms with van der Waals surface area (Å²) in [5, 5.41) is 1.50. The van der Waals surface area contributed by atoms with Crippen LogP contribution in [-0.2, 0) is 16.6 Å². The molecule has 3 aromatic carbocycles. The van der Waals surface area contributed by atoms with Crippen LogP contribution in [0.1, 0.15) is 17.3 Å². The van der Waals surface area contributed by atoms with Crippen LogP contribution in [0.25, 0.3) is 0 Å². The molecule has 0 amide bonds. The van der Waals surface area contributed by atoms with Gasteiger partial charge in [-0.3, -0.25) is 0 Å². The number of methoxy groups -OCH3 is 2. The highest BCUT2D eigenvalue weighted by Gasteiger charge is 2.32. The molecule has 0 aliphatic carbocycles. The molecule has 0 aliphatic heterocycles. The van der Waals surface area contributed by atoms with E-state index in [0.717, 1.165) is 22.6 Å². The van der Waals surface area contributed by atoms with Crippen LogP contribution in [0.4, 0.5) is 24.0 Å². The Labute approximate surface area is 231 Å². The minimum Gasteiger partial charge on any atom is -0.497 e. The second kappa shape index (κ2) is 11.7. The molecule has 1 heterocycles. The van der Waals surface area contributed by atoms with Crippen LogP contribution < -0.4 is 24.8 Å². The van der Waals surface area contributed by atoms with E-state index in [1.165, 1.54) is 32.4 Å². The summed E-state index contributed by atoms with van der Waals surface area (Å²) >= 11 is 6.77. The van der Waals surface area contributed by atoms with E-state index in [-0.39, 0.29) is 33.7 Å². The first kappa shape index (κ1) is 28.5. The number of hydrogen-bond acceptors (Lipinski definition) is 8. The highest BCUT2D eigenvalue weighted by atomic mass is 35.5. The first-order valence-electron chi connectivity index (χ1n) is 11.2. The lowest BCUT2D eigenvalue weighted by molar-refractivity contribution is 0.391. The summed E-state index contributed by atoms with van der Waals surface area (Å²) in [4.78, 5) is 3.06. The van der Waals surface area contributed by atoms with E-state index in [1.54, 1.807) is 24.3 Å². The van der Waals surface area contributed by atoms with Crippen LogP contribution in [0.15, 0.2) is 65.7 Å². The van der Waals surface area contributed by atoms with Crippen LogP contribution in [0.3, 0.4) is 0 Å². The van der Waals surface area contributed by atoms with Crippen LogP contribution >= 0.6 is 22.9 Å². The lowest BCUT2D eigenvalue weighted by Gasteiger charge is -2.24. The van der Waals surface area contributed by atoms with Gasteiger partial charge in [0, 0.05) is 17.2 Å². The molecule has 0 unspecified atom stereocenters. The smallest absolute Gasteiger partial charge is 0.269 e. The average molecular weight is 599 g/mol. The van der Waals surface area contributed by atoms with Crippen LogP contribution in [0.2, 0.25) is 5.02 Å². The molecular formula is C25H22ClF3N4O4S2. The van der Waals surface area contributed by atoms with Gasteiger partial charge in [-0.15, -0.1) is 0 Å². The number of sulfonamides is 1. The molecule has 0 aliphatic rings. The molecule has 1 aromatic heterocycles. The van der Waals surface area contributed by atoms with E-state index in [2.05, 4.69) is 10.3 Å². The summed E-state index contributed by atoms with van der Waals surface area (Å²) < 4.78 is 82.2. The van der Waals surface area contributed by atoms with Gasteiger partial charge >= 0.3 is 0 Å². The van der Waals surface area contributed by atoms with E-state index in [0.29, 0.717) is 22.6 Å². The van der Waals surface area contributed by atoms with Crippen molar-refractivity contribution in [3.63, 3.8) is 0 Å². The summed E-state index contributed by atoms with van der Waals surface area (Å²) in [6.07, 6.45) is -0.253. The van der Waals surface area contributed by atoms with Gasteiger partial charge in [-0.25, -0.2) is 26.5 Å². The fourth-order valence-corrected chi connectivity index (χ4v) is 6.29. The molecule has 8 nitrogen and oxygen atoms in total. The largest absolute Gasteiger partial charge is 0.497 e. The number of nitrogens with zero attached hydrogens (tertiary/aromatic N) is 2. The number of halogens is 4. The zero-order valence-electron chi connectivity index (χ0n) is 20.5. The summed E-state index contributed by atoms with van der Waals surface area (Å²) in [5.41, 5.74) is 6.41. The lowest BCUT2D eigenvalue weighted by atomic mass is 10.1. The average Bonchev–Trinajstić information content (AvgIpc) is 3.34. The van der Waals surface area contributed by atoms with Crippen molar-refractivity contribution >= 4 is 43.8 Å². The molecule has 4 aromatic rings. The first-order valence-corrected chi connectivity index (χ1v) is 13.8. The van der Waals surface area contributed by atoms with Gasteiger partial charge < -0.3 is 20.5 Å². The van der Waals surface area contributed by atoms with Crippen LogP contribution in [0, 0.1) is 16.8 Å². The molecule has 1 atom stereocenters. The van der Waals surface area contributed by atoms with Gasteiger partial charge in [0.25, 0.3) is 10.0 Å². The third kappa shape index (κ3) is 6.06. The topological polar surface area (TPSA) is 107 Å². The molecule has 39 heavy (non-hydrogen) atoms. The van der Waals surface area contributed by atoms with Crippen molar-refractivity contribution in [2.75, 3.05) is 23.8 Å². The number of benzene rings is 3. The van der Waals surface area contributed by atoms with Gasteiger partial charge in [0.1, 0.15) is 34.2 Å². The molecule has 206 valence electrons. The van der Waals surface area contributed by atoms with E-state index in [1.807, 2.05) is 0 Å². The third-order valence-electron chi connectivity index (χ3n) is 5.63. The Morgan fingerprint density at radius 1 is 1.08 bits per heavy atom. The summed E-state index contributed by atoms with van der Waals surface area (Å²) in [5.74, 6) is -1.02. The van der Waals surface area contributed by atoms with E-state index >= 15 is 4.39 Å². The van der Waals surface area contributed by atoms with E-state index in [4.69, 9.17) is 26.8 Å². The summed E-state index contributed by atoms with van der Waals surface area (Å²) in [6, 6.07) is 12.1. The minimum absolute atomic E-state index is 0.0625. The number of ether oxygens (including phenoxy) is 2. The Kier molecular flexibility index (Phi) is 8.54. The molecule has 14 heteroatoms. The minimum atomic E-state index is -4.69. The predicted molar refractivity (Wildman–Crippen MR) is 143 cm³/mol. The highest BCUT2D eigenvalue weighted by molar-refractivity contribution is 7.93. The van der Waals surface area contributed by atoms with Crippen molar-refractivity contribution in [2.24, 2.45) is 5.73 Å². The number of anilines is 2. The monoisotopic (exact) mass is 598 g/mol. The van der Waals surface area contributed by atoms with Gasteiger partial charge in [0.2, 0.25) is 5.13 Å². The number of nitrogens with one attached hydrogen (secondary N) is 1. The molecule has 0 bridgehead atoms.